The lowest BCUT2D eigenvalue weighted by Crippen LogP contribution is -2.52. The second kappa shape index (κ2) is 8.83. The highest BCUT2D eigenvalue weighted by molar-refractivity contribution is 5.97. The smallest absolute Gasteiger partial charge is 0.283 e. The lowest BCUT2D eigenvalue weighted by Gasteiger charge is -2.37. The predicted molar refractivity (Wildman–Crippen MR) is 122 cm³/mol. The second-order valence-electron chi connectivity index (χ2n) is 9.16. The fraction of sp³-hybridized carbons (Fsp3) is 0.500. The molecule has 10 nitrogen and oxygen atoms in total. The summed E-state index contributed by atoms with van der Waals surface area (Å²) < 4.78 is 11.9. The van der Waals surface area contributed by atoms with Crippen molar-refractivity contribution >= 4 is 17.4 Å². The first-order valence-corrected chi connectivity index (χ1v) is 12.0. The van der Waals surface area contributed by atoms with Crippen molar-refractivity contribution in [2.24, 2.45) is 0 Å². The Morgan fingerprint density at radius 3 is 2.88 bits per heavy atom. The SMILES string of the molecule is N#Cc1c[nH]c2c1C(NC1CCCCC1)=CC(NC1C=CC(C(=O)N3CO3)=C3OCCOC31)N2. The van der Waals surface area contributed by atoms with Crippen LogP contribution in [0.3, 0.4) is 0 Å². The summed E-state index contributed by atoms with van der Waals surface area (Å²) in [6, 6.07) is 2.49. The molecule has 1 aromatic heterocycles. The van der Waals surface area contributed by atoms with E-state index in [-0.39, 0.29) is 18.1 Å². The van der Waals surface area contributed by atoms with Gasteiger partial charge in [0.25, 0.3) is 5.91 Å². The van der Waals surface area contributed by atoms with Crippen LogP contribution in [0.2, 0.25) is 0 Å². The number of hydrogen-bond donors (Lipinski definition) is 4. The van der Waals surface area contributed by atoms with Crippen LogP contribution in [0.5, 0.6) is 0 Å². The third-order valence-electron chi connectivity index (χ3n) is 6.91. The highest BCUT2D eigenvalue weighted by atomic mass is 16.8. The molecule has 3 fully saturated rings. The molecule has 1 saturated carbocycles. The predicted octanol–water partition coefficient (Wildman–Crippen LogP) is 1.83. The molecule has 3 unspecified atom stereocenters. The van der Waals surface area contributed by atoms with Gasteiger partial charge in [-0.25, -0.2) is 4.84 Å². The van der Waals surface area contributed by atoms with Crippen molar-refractivity contribution in [2.75, 3.05) is 25.3 Å². The van der Waals surface area contributed by atoms with E-state index >= 15 is 0 Å². The molecule has 0 radical (unpaired) electrons. The van der Waals surface area contributed by atoms with Gasteiger partial charge in [0.1, 0.15) is 36.5 Å². The molecular weight excluding hydrogens is 436 g/mol. The normalized spacial score (nSPS) is 28.1. The van der Waals surface area contributed by atoms with Crippen LogP contribution in [0.4, 0.5) is 5.82 Å². The molecule has 5 aliphatic rings. The van der Waals surface area contributed by atoms with Crippen LogP contribution in [0, 0.1) is 11.3 Å². The number of H-pyrrole nitrogens is 1. The number of carbonyl (C=O) groups is 1. The van der Waals surface area contributed by atoms with E-state index in [0.717, 1.165) is 29.9 Å². The van der Waals surface area contributed by atoms with Crippen molar-refractivity contribution in [2.45, 2.75) is 56.5 Å². The number of aromatic amines is 1. The van der Waals surface area contributed by atoms with Gasteiger partial charge in [0.15, 0.2) is 6.73 Å². The van der Waals surface area contributed by atoms with E-state index in [4.69, 9.17) is 14.3 Å². The highest BCUT2D eigenvalue weighted by Gasteiger charge is 2.40. The van der Waals surface area contributed by atoms with Crippen LogP contribution in [0.25, 0.3) is 5.70 Å². The number of aromatic nitrogens is 1. The number of nitrogens with one attached hydrogen (secondary N) is 4. The van der Waals surface area contributed by atoms with E-state index in [0.29, 0.717) is 42.9 Å². The van der Waals surface area contributed by atoms with Gasteiger partial charge in [-0.05, 0) is 25.0 Å². The number of ether oxygens (including phenoxy) is 2. The average Bonchev–Trinajstić information content (AvgIpc) is 3.64. The number of fused-ring (bicyclic) bond motifs is 2. The van der Waals surface area contributed by atoms with E-state index < -0.39 is 6.10 Å². The lowest BCUT2D eigenvalue weighted by atomic mass is 9.94. The summed E-state index contributed by atoms with van der Waals surface area (Å²) in [6.07, 6.45) is 12.9. The molecule has 178 valence electrons. The lowest BCUT2D eigenvalue weighted by molar-refractivity contribution is -0.128. The van der Waals surface area contributed by atoms with Gasteiger partial charge in [-0.3, -0.25) is 10.1 Å². The van der Waals surface area contributed by atoms with Gasteiger partial charge in [-0.15, -0.1) is 0 Å². The number of nitriles is 1. The van der Waals surface area contributed by atoms with E-state index in [9.17, 15) is 10.1 Å². The summed E-state index contributed by atoms with van der Waals surface area (Å²) >= 11 is 0. The number of nitrogens with zero attached hydrogens (tertiary/aromatic N) is 2. The third-order valence-corrected chi connectivity index (χ3v) is 6.91. The van der Waals surface area contributed by atoms with Crippen molar-refractivity contribution in [3.05, 3.63) is 46.9 Å². The van der Waals surface area contributed by atoms with Crippen molar-refractivity contribution in [3.8, 4) is 6.07 Å². The first-order valence-electron chi connectivity index (χ1n) is 12.0. The molecule has 4 heterocycles. The molecule has 10 heteroatoms. The Kier molecular flexibility index (Phi) is 5.53. The van der Waals surface area contributed by atoms with Gasteiger partial charge in [-0.2, -0.15) is 10.3 Å². The Labute approximate surface area is 197 Å². The third kappa shape index (κ3) is 3.96. The van der Waals surface area contributed by atoms with E-state index in [2.05, 4.69) is 33.1 Å². The van der Waals surface area contributed by atoms with Crippen molar-refractivity contribution < 1.29 is 19.1 Å². The Morgan fingerprint density at radius 1 is 1.24 bits per heavy atom. The fourth-order valence-electron chi connectivity index (χ4n) is 5.20. The molecule has 34 heavy (non-hydrogen) atoms. The Bertz CT molecular complexity index is 1110. The maximum atomic E-state index is 12.6. The number of amides is 1. The number of rotatable bonds is 5. The zero-order valence-corrected chi connectivity index (χ0v) is 18.8. The first-order chi connectivity index (χ1) is 16.7. The van der Waals surface area contributed by atoms with Crippen molar-refractivity contribution in [1.82, 2.24) is 20.7 Å². The number of hydroxylamine groups is 2. The maximum absolute atomic E-state index is 12.6. The number of anilines is 1. The molecule has 0 aromatic carbocycles. The molecule has 2 saturated heterocycles. The molecule has 4 N–H and O–H groups in total. The van der Waals surface area contributed by atoms with Crippen LogP contribution in [0.15, 0.2) is 35.8 Å². The van der Waals surface area contributed by atoms with Crippen LogP contribution in [0.1, 0.15) is 43.2 Å². The second-order valence-corrected chi connectivity index (χ2v) is 9.16. The summed E-state index contributed by atoms with van der Waals surface area (Å²) in [5.74, 6) is 1.13. The molecule has 0 spiro atoms. The number of hydrogen-bond acceptors (Lipinski definition) is 8. The van der Waals surface area contributed by atoms with E-state index in [1.165, 1.54) is 24.3 Å². The summed E-state index contributed by atoms with van der Waals surface area (Å²) in [6.45, 7) is 1.16. The van der Waals surface area contributed by atoms with Crippen molar-refractivity contribution in [3.63, 3.8) is 0 Å². The largest absolute Gasteiger partial charge is 0.492 e. The maximum Gasteiger partial charge on any atom is 0.283 e. The molecule has 6 rings (SSSR count). The molecule has 2 aliphatic carbocycles. The quantitative estimate of drug-likeness (QED) is 0.486. The molecule has 1 aromatic rings. The molecule has 0 bridgehead atoms. The standard InChI is InChI=1S/C24H28N6O4/c25-11-14-12-26-23-20(14)18(27-15-4-2-1-3-5-15)10-19(29-23)28-17-7-6-16(24(31)30-13-34-30)21-22(17)33-9-8-32-21/h6-7,10,12,15,17,19,22,26-29H,1-5,8-9,13H2. The monoisotopic (exact) mass is 464 g/mol. The molecule has 3 atom stereocenters. The summed E-state index contributed by atoms with van der Waals surface area (Å²) in [7, 11) is 0. The van der Waals surface area contributed by atoms with Gasteiger partial charge in [0.2, 0.25) is 0 Å². The Balaban J connectivity index is 1.24. The van der Waals surface area contributed by atoms with Gasteiger partial charge in [0.05, 0.1) is 29.3 Å². The fourth-order valence-corrected chi connectivity index (χ4v) is 5.20. The summed E-state index contributed by atoms with van der Waals surface area (Å²) in [4.78, 5) is 20.8. The van der Waals surface area contributed by atoms with Gasteiger partial charge in [0, 0.05) is 17.9 Å². The van der Waals surface area contributed by atoms with Crippen LogP contribution in [-0.4, -0.2) is 60.3 Å². The minimum Gasteiger partial charge on any atom is -0.492 e. The van der Waals surface area contributed by atoms with Crippen LogP contribution < -0.4 is 16.0 Å². The molecule has 3 aliphatic heterocycles. The van der Waals surface area contributed by atoms with E-state index in [1.54, 1.807) is 12.3 Å². The summed E-state index contributed by atoms with van der Waals surface area (Å²) in [5.41, 5.74) is 2.93. The molecular formula is C24H28N6O4. The average molecular weight is 465 g/mol. The summed E-state index contributed by atoms with van der Waals surface area (Å²) in [5, 5.41) is 21.7. The van der Waals surface area contributed by atoms with Crippen molar-refractivity contribution in [1.29, 1.82) is 5.26 Å². The van der Waals surface area contributed by atoms with E-state index in [1.807, 2.05) is 6.08 Å². The van der Waals surface area contributed by atoms with Crippen LogP contribution in [-0.2, 0) is 19.1 Å². The molecule has 1 amide bonds. The zero-order valence-electron chi connectivity index (χ0n) is 18.8. The van der Waals surface area contributed by atoms with Gasteiger partial charge < -0.3 is 25.1 Å². The minimum atomic E-state index is -0.415. The Hall–Kier alpha value is -3.26. The zero-order chi connectivity index (χ0) is 23.1. The topological polar surface area (TPSA) is 127 Å². The Morgan fingerprint density at radius 2 is 2.09 bits per heavy atom. The minimum absolute atomic E-state index is 0.210. The van der Waals surface area contributed by atoms with Crippen LogP contribution >= 0.6 is 0 Å². The number of carbonyl (C=O) groups excluding carboxylic acids is 1. The highest BCUT2D eigenvalue weighted by Crippen LogP contribution is 2.33. The van der Waals surface area contributed by atoms with Gasteiger partial charge in [-0.1, -0.05) is 25.3 Å². The first kappa shape index (κ1) is 21.3. The van der Waals surface area contributed by atoms with Gasteiger partial charge >= 0.3 is 0 Å².